The van der Waals surface area contributed by atoms with E-state index in [0.29, 0.717) is 16.8 Å². The van der Waals surface area contributed by atoms with E-state index in [9.17, 15) is 10.5 Å². The van der Waals surface area contributed by atoms with Crippen molar-refractivity contribution in [3.8, 4) is 34.6 Å². The number of rotatable bonds is 4. The number of allylic oxidation sites excluding steroid dienone is 2. The molecular weight excluding hydrogens is 779 g/mol. The Morgan fingerprint density at radius 2 is 1.00 bits per heavy atom. The zero-order valence-corrected chi connectivity index (χ0v) is 37.4. The van der Waals surface area contributed by atoms with Gasteiger partial charge in [-0.2, -0.15) is 10.5 Å². The summed E-state index contributed by atoms with van der Waals surface area (Å²) >= 11 is 0. The third kappa shape index (κ3) is 5.74. The topological polar surface area (TPSA) is 60.7 Å². The van der Waals surface area contributed by atoms with Crippen molar-refractivity contribution in [2.45, 2.75) is 65.8 Å². The second-order valence-electron chi connectivity index (χ2n) is 19.6. The second-order valence-corrected chi connectivity index (χ2v) is 19.6. The molecule has 2 atom stereocenters. The van der Waals surface area contributed by atoms with E-state index in [1.807, 2.05) is 0 Å². The van der Waals surface area contributed by atoms with Crippen LogP contribution in [0.2, 0.25) is 0 Å². The van der Waals surface area contributed by atoms with E-state index in [4.69, 9.17) is 0 Å². The molecule has 0 fully saturated rings. The maximum absolute atomic E-state index is 12.1. The molecule has 2 aromatic heterocycles. The van der Waals surface area contributed by atoms with Crippen molar-refractivity contribution in [2.75, 3.05) is 4.90 Å². The monoisotopic (exact) mass is 827 g/mol. The summed E-state index contributed by atoms with van der Waals surface area (Å²) in [6, 6.07) is 54.9. The molecule has 0 saturated carbocycles. The lowest BCUT2D eigenvalue weighted by Crippen LogP contribution is -2.32. The van der Waals surface area contributed by atoms with Crippen LogP contribution in [0.4, 0.5) is 11.4 Å². The third-order valence-corrected chi connectivity index (χ3v) is 13.7. The maximum Gasteiger partial charge on any atom is 0.104 e. The Bertz CT molecular complexity index is 3300. The number of hydrogen-bond acceptors (Lipinski definition) is 3. The van der Waals surface area contributed by atoms with E-state index >= 15 is 0 Å². The highest BCUT2D eigenvalue weighted by atomic mass is 15.2. The van der Waals surface area contributed by atoms with E-state index in [-0.39, 0.29) is 22.8 Å². The highest BCUT2D eigenvalue weighted by Crippen LogP contribution is 2.56. The van der Waals surface area contributed by atoms with E-state index in [1.165, 1.54) is 16.7 Å². The number of hydrogen-bond donors (Lipinski definition) is 0. The first-order valence-corrected chi connectivity index (χ1v) is 22.3. The van der Waals surface area contributed by atoms with Gasteiger partial charge >= 0.3 is 0 Å². The zero-order valence-electron chi connectivity index (χ0n) is 37.4. The first-order valence-electron chi connectivity index (χ1n) is 22.3. The zero-order chi connectivity index (χ0) is 44.2. The van der Waals surface area contributed by atoms with Gasteiger partial charge in [0.25, 0.3) is 0 Å². The predicted molar refractivity (Wildman–Crippen MR) is 265 cm³/mol. The van der Waals surface area contributed by atoms with Gasteiger partial charge in [-0.05, 0) is 70.3 Å². The number of aryl methyl sites for hydroxylation is 1. The van der Waals surface area contributed by atoms with E-state index in [1.54, 1.807) is 0 Å². The summed E-state index contributed by atoms with van der Waals surface area (Å²) in [5.41, 5.74) is 14.4. The van der Waals surface area contributed by atoms with Gasteiger partial charge in [-0.1, -0.05) is 175 Å². The van der Waals surface area contributed by atoms with Crippen LogP contribution in [-0.4, -0.2) is 15.2 Å². The number of para-hydroxylation sites is 4. The average molecular weight is 828 g/mol. The Balaban J connectivity index is 1.39. The lowest BCUT2D eigenvalue weighted by atomic mass is 9.77. The number of anilines is 2. The Kier molecular flexibility index (Phi) is 8.72. The van der Waals surface area contributed by atoms with Gasteiger partial charge in [-0.25, -0.2) is 0 Å². The smallest absolute Gasteiger partial charge is 0.104 e. The van der Waals surface area contributed by atoms with Crippen molar-refractivity contribution in [3.05, 3.63) is 191 Å². The first-order chi connectivity index (χ1) is 30.9. The second kappa shape index (κ2) is 14.2. The summed E-state index contributed by atoms with van der Waals surface area (Å²) in [4.78, 5) is 2.34. The van der Waals surface area contributed by atoms with Gasteiger partial charge in [-0.3, -0.25) is 0 Å². The molecular formula is C59H49N5. The van der Waals surface area contributed by atoms with Crippen LogP contribution in [0.25, 0.3) is 66.1 Å². The largest absolute Gasteiger partial charge is 0.331 e. The van der Waals surface area contributed by atoms with Crippen LogP contribution in [-0.2, 0) is 5.41 Å². The van der Waals surface area contributed by atoms with E-state index in [0.717, 1.165) is 77.4 Å². The molecule has 0 amide bonds. The number of benzene rings is 7. The van der Waals surface area contributed by atoms with Crippen molar-refractivity contribution in [1.29, 1.82) is 10.5 Å². The Morgan fingerprint density at radius 1 is 0.531 bits per heavy atom. The Morgan fingerprint density at radius 3 is 1.44 bits per heavy atom. The Labute approximate surface area is 375 Å². The van der Waals surface area contributed by atoms with Gasteiger partial charge in [0.1, 0.15) is 23.3 Å². The summed E-state index contributed by atoms with van der Waals surface area (Å²) in [7, 11) is 0. The molecule has 2 aliphatic rings. The fourth-order valence-corrected chi connectivity index (χ4v) is 10.6. The molecule has 9 aromatic rings. The van der Waals surface area contributed by atoms with Crippen LogP contribution < -0.4 is 4.90 Å². The quantitative estimate of drug-likeness (QED) is 0.178. The minimum Gasteiger partial charge on any atom is -0.331 e. The lowest BCUT2D eigenvalue weighted by Gasteiger charge is -2.35. The van der Waals surface area contributed by atoms with Crippen molar-refractivity contribution in [3.63, 3.8) is 0 Å². The summed E-state index contributed by atoms with van der Waals surface area (Å²) in [6.07, 6.45) is 7.03. The molecule has 0 bridgehead atoms. The number of nitriles is 2. The number of fused-ring (bicyclic) bond motifs is 9. The molecule has 7 aromatic carbocycles. The van der Waals surface area contributed by atoms with Gasteiger partial charge in [-0.15, -0.1) is 0 Å². The molecule has 0 spiro atoms. The molecule has 310 valence electrons. The van der Waals surface area contributed by atoms with Crippen LogP contribution in [0, 0.1) is 35.0 Å². The van der Waals surface area contributed by atoms with Gasteiger partial charge in [0, 0.05) is 38.7 Å². The SMILES string of the molecule is Cc1ccc(-c2c(-n3c4ccccc4c4ccccc43)c(C#N)c(N3c4ccc(C(C)(C)C)cc4C4C=C(C(C)(C)C)C=CC43)c(C#N)c2-n2c3ccccc3c3ccccc32)cc1. The van der Waals surface area contributed by atoms with Gasteiger partial charge < -0.3 is 14.0 Å². The molecule has 64 heavy (non-hydrogen) atoms. The molecule has 2 unspecified atom stereocenters. The summed E-state index contributed by atoms with van der Waals surface area (Å²) in [5, 5.41) is 28.6. The normalized spacial score (nSPS) is 16.0. The van der Waals surface area contributed by atoms with Crippen molar-refractivity contribution in [1.82, 2.24) is 9.13 Å². The molecule has 5 heteroatoms. The van der Waals surface area contributed by atoms with Crippen molar-refractivity contribution in [2.24, 2.45) is 5.41 Å². The minimum absolute atomic E-state index is 0.0141. The first kappa shape index (κ1) is 39.3. The maximum atomic E-state index is 12.1. The molecule has 1 aliphatic heterocycles. The lowest BCUT2D eigenvalue weighted by molar-refractivity contribution is 0.507. The fourth-order valence-electron chi connectivity index (χ4n) is 10.6. The predicted octanol–water partition coefficient (Wildman–Crippen LogP) is 15.0. The summed E-state index contributed by atoms with van der Waals surface area (Å²) < 4.78 is 4.60. The van der Waals surface area contributed by atoms with Crippen LogP contribution in [0.5, 0.6) is 0 Å². The molecule has 0 N–H and O–H groups in total. The molecule has 1 aliphatic carbocycles. The van der Waals surface area contributed by atoms with Gasteiger partial charge in [0.05, 0.1) is 45.2 Å². The molecule has 3 heterocycles. The molecule has 0 radical (unpaired) electrons. The summed E-state index contributed by atoms with van der Waals surface area (Å²) in [6.45, 7) is 15.7. The van der Waals surface area contributed by atoms with Gasteiger partial charge in [0.2, 0.25) is 0 Å². The fraction of sp³-hybridized carbons (Fsp3) is 0.186. The highest BCUT2D eigenvalue weighted by molar-refractivity contribution is 6.13. The number of nitrogens with zero attached hydrogens (tertiary/aromatic N) is 5. The summed E-state index contributed by atoms with van der Waals surface area (Å²) in [5.74, 6) is -0.0141. The molecule has 11 rings (SSSR count). The molecule has 5 nitrogen and oxygen atoms in total. The Hall–Kier alpha value is -7.60. The van der Waals surface area contributed by atoms with Crippen LogP contribution in [0.3, 0.4) is 0 Å². The van der Waals surface area contributed by atoms with Crippen molar-refractivity contribution < 1.29 is 0 Å². The third-order valence-electron chi connectivity index (χ3n) is 13.7. The standard InChI is InChI=1S/C59H49N5/c1-36-24-26-37(27-25-36)54-56(63-48-20-12-8-16-40(48)41-17-9-13-21-49(41)63)46(34-60)55(47(35-61)57(54)64-50-22-14-10-18-42(50)43-19-11-15-23-51(43)64)62-52-30-28-38(58(2,3)4)32-44(52)45-33-39(59(5,6)7)29-31-53(45)62/h8-33,44,52H,1-7H3. The average Bonchev–Trinajstić information content (AvgIpc) is 3.93. The highest BCUT2D eigenvalue weighted by Gasteiger charge is 2.44. The van der Waals surface area contributed by atoms with E-state index in [2.05, 4.69) is 232 Å². The van der Waals surface area contributed by atoms with Crippen LogP contribution in [0.15, 0.2) is 163 Å². The van der Waals surface area contributed by atoms with Gasteiger partial charge in [0.15, 0.2) is 0 Å². The van der Waals surface area contributed by atoms with Crippen LogP contribution >= 0.6 is 0 Å². The van der Waals surface area contributed by atoms with Crippen molar-refractivity contribution >= 4 is 55.0 Å². The van der Waals surface area contributed by atoms with Crippen LogP contribution in [0.1, 0.15) is 75.3 Å². The number of aromatic nitrogens is 2. The van der Waals surface area contributed by atoms with E-state index < -0.39 is 0 Å². The molecule has 0 saturated heterocycles. The minimum atomic E-state index is -0.197.